The number of carbonyl (C=O) groups excluding carboxylic acids is 2. The van der Waals surface area contributed by atoms with Gasteiger partial charge in [-0.1, -0.05) is 29.3 Å². The highest BCUT2D eigenvalue weighted by Gasteiger charge is 2.49. The molecule has 2 aromatic carbocycles. The first-order chi connectivity index (χ1) is 14.5. The van der Waals surface area contributed by atoms with E-state index < -0.39 is 27.5 Å². The maximum Gasteiger partial charge on any atom is 0.325 e. The van der Waals surface area contributed by atoms with Gasteiger partial charge in [-0.25, -0.2) is 17.5 Å². The quantitative estimate of drug-likeness (QED) is 0.607. The summed E-state index contributed by atoms with van der Waals surface area (Å²) in [4.78, 5) is 26.6. The Morgan fingerprint density at radius 2 is 1.74 bits per heavy atom. The molecule has 11 heteroatoms. The monoisotopic (exact) mass is 485 g/mol. The maximum atomic E-state index is 13.0. The fraction of sp³-hybridized carbons (Fsp3) is 0.300. The fourth-order valence-corrected chi connectivity index (χ4v) is 4.65. The molecule has 166 valence electrons. The van der Waals surface area contributed by atoms with Gasteiger partial charge in [-0.05, 0) is 43.3 Å². The van der Waals surface area contributed by atoms with E-state index in [9.17, 15) is 18.0 Å². The lowest BCUT2D eigenvalue weighted by atomic mass is 9.92. The maximum absolute atomic E-state index is 13.0. The summed E-state index contributed by atoms with van der Waals surface area (Å²) in [5, 5.41) is 3.37. The third-order valence-electron chi connectivity index (χ3n) is 4.93. The molecule has 0 bridgehead atoms. The smallest absolute Gasteiger partial charge is 0.325 e. The number of hydrogen-bond acceptors (Lipinski definition) is 5. The number of halogens is 2. The summed E-state index contributed by atoms with van der Waals surface area (Å²) in [7, 11) is -0.640. The molecule has 0 aliphatic carbocycles. The van der Waals surface area contributed by atoms with Crippen LogP contribution in [0, 0.1) is 0 Å². The number of rotatable bonds is 7. The lowest BCUT2D eigenvalue weighted by Crippen LogP contribution is -2.41. The van der Waals surface area contributed by atoms with Crippen molar-refractivity contribution in [1.29, 1.82) is 0 Å². The highest BCUT2D eigenvalue weighted by atomic mass is 35.5. The zero-order chi connectivity index (χ0) is 23.0. The summed E-state index contributed by atoms with van der Waals surface area (Å²) >= 11 is 12.2. The van der Waals surface area contributed by atoms with Gasteiger partial charge in [0.05, 0.1) is 11.4 Å². The first-order valence-electron chi connectivity index (χ1n) is 9.22. The molecule has 3 rings (SSSR count). The summed E-state index contributed by atoms with van der Waals surface area (Å²) < 4.78 is 30.9. The third kappa shape index (κ3) is 4.50. The molecule has 3 amide bonds. The largest absolute Gasteiger partial charge is 0.492 e. The van der Waals surface area contributed by atoms with Crippen LogP contribution in [0.15, 0.2) is 47.4 Å². The van der Waals surface area contributed by atoms with E-state index in [0.717, 1.165) is 9.21 Å². The van der Waals surface area contributed by atoms with Gasteiger partial charge < -0.3 is 10.1 Å². The highest BCUT2D eigenvalue weighted by Crippen LogP contribution is 2.34. The van der Waals surface area contributed by atoms with E-state index in [1.807, 2.05) is 0 Å². The average molecular weight is 486 g/mol. The number of imide groups is 1. The number of urea groups is 1. The molecule has 1 aliphatic heterocycles. The van der Waals surface area contributed by atoms with Crippen molar-refractivity contribution in [3.63, 3.8) is 0 Å². The zero-order valence-electron chi connectivity index (χ0n) is 17.1. The molecule has 1 saturated heterocycles. The number of amides is 3. The molecule has 1 heterocycles. The molecule has 1 unspecified atom stereocenters. The van der Waals surface area contributed by atoms with Crippen LogP contribution in [0.4, 0.5) is 4.79 Å². The molecular weight excluding hydrogens is 465 g/mol. The van der Waals surface area contributed by atoms with Crippen molar-refractivity contribution < 1.29 is 22.7 Å². The average Bonchev–Trinajstić information content (AvgIpc) is 2.91. The Balaban J connectivity index is 1.66. The molecule has 1 aliphatic rings. The van der Waals surface area contributed by atoms with Crippen LogP contribution in [-0.4, -0.2) is 56.8 Å². The Bertz CT molecular complexity index is 1120. The second-order valence-corrected chi connectivity index (χ2v) is 10.2. The van der Waals surface area contributed by atoms with Crippen LogP contribution in [0.3, 0.4) is 0 Å². The lowest BCUT2D eigenvalue weighted by molar-refractivity contribution is -0.131. The minimum atomic E-state index is -3.53. The molecule has 0 saturated carbocycles. The van der Waals surface area contributed by atoms with Crippen molar-refractivity contribution in [3.8, 4) is 5.75 Å². The SMILES string of the molecule is CN(C)S(=O)(=O)c1ccc(OCCN2C(=O)NC(C)(c3ccc(Cl)cc3Cl)C2=O)cc1. The molecule has 1 fully saturated rings. The summed E-state index contributed by atoms with van der Waals surface area (Å²) in [6.07, 6.45) is 0. The number of nitrogens with one attached hydrogen (secondary N) is 1. The van der Waals surface area contributed by atoms with Crippen LogP contribution in [0.1, 0.15) is 12.5 Å². The number of nitrogens with zero attached hydrogens (tertiary/aromatic N) is 2. The van der Waals surface area contributed by atoms with E-state index >= 15 is 0 Å². The number of ether oxygens (including phenoxy) is 1. The molecule has 1 N–H and O–H groups in total. The van der Waals surface area contributed by atoms with Gasteiger partial charge >= 0.3 is 6.03 Å². The van der Waals surface area contributed by atoms with Crippen LogP contribution < -0.4 is 10.1 Å². The van der Waals surface area contributed by atoms with Crippen LogP contribution in [0.5, 0.6) is 5.75 Å². The second-order valence-electron chi connectivity index (χ2n) is 7.24. The van der Waals surface area contributed by atoms with E-state index in [1.165, 1.54) is 44.4 Å². The van der Waals surface area contributed by atoms with E-state index in [1.54, 1.807) is 19.1 Å². The second kappa shape index (κ2) is 8.66. The first kappa shape index (κ1) is 23.3. The van der Waals surface area contributed by atoms with Gasteiger partial charge in [0.25, 0.3) is 5.91 Å². The topological polar surface area (TPSA) is 96.0 Å². The Kier molecular flexibility index (Phi) is 6.52. The number of benzene rings is 2. The van der Waals surface area contributed by atoms with Gasteiger partial charge in [-0.15, -0.1) is 0 Å². The van der Waals surface area contributed by atoms with Gasteiger partial charge in [0.15, 0.2) is 0 Å². The van der Waals surface area contributed by atoms with Crippen molar-refractivity contribution in [1.82, 2.24) is 14.5 Å². The molecule has 31 heavy (non-hydrogen) atoms. The van der Waals surface area contributed by atoms with E-state index in [0.29, 0.717) is 16.3 Å². The molecule has 0 spiro atoms. The summed E-state index contributed by atoms with van der Waals surface area (Å²) in [5.41, 5.74) is -0.876. The number of sulfonamides is 1. The van der Waals surface area contributed by atoms with Gasteiger partial charge in [0.1, 0.15) is 17.9 Å². The normalized spacial score (nSPS) is 19.1. The Morgan fingerprint density at radius 3 is 2.32 bits per heavy atom. The van der Waals surface area contributed by atoms with Crippen molar-refractivity contribution in [2.75, 3.05) is 27.2 Å². The Labute approximate surface area is 190 Å². The zero-order valence-corrected chi connectivity index (χ0v) is 19.4. The van der Waals surface area contributed by atoms with Crippen LogP contribution in [-0.2, 0) is 20.4 Å². The highest BCUT2D eigenvalue weighted by molar-refractivity contribution is 7.89. The molecule has 0 aromatic heterocycles. The third-order valence-corrected chi connectivity index (χ3v) is 7.31. The minimum absolute atomic E-state index is 0.00319. The van der Waals surface area contributed by atoms with E-state index in [2.05, 4.69) is 5.32 Å². The van der Waals surface area contributed by atoms with Gasteiger partial charge in [0.2, 0.25) is 10.0 Å². The van der Waals surface area contributed by atoms with Crippen molar-refractivity contribution in [3.05, 3.63) is 58.1 Å². The molecule has 1 atom stereocenters. The van der Waals surface area contributed by atoms with Gasteiger partial charge in [-0.2, -0.15) is 0 Å². The van der Waals surface area contributed by atoms with Crippen molar-refractivity contribution in [2.24, 2.45) is 0 Å². The van der Waals surface area contributed by atoms with Crippen molar-refractivity contribution >= 4 is 45.2 Å². The predicted octanol–water partition coefficient (Wildman–Crippen LogP) is 3.09. The molecular formula is C20H21Cl2N3O5S. The lowest BCUT2D eigenvalue weighted by Gasteiger charge is -2.23. The standard InChI is InChI=1S/C20H21Cl2N3O5S/c1-20(16-9-4-13(21)12-17(16)22)18(26)25(19(27)23-20)10-11-30-14-5-7-15(8-6-14)31(28,29)24(2)3/h4-9,12H,10-11H2,1-3H3,(H,23,27). The predicted molar refractivity (Wildman–Crippen MR) is 117 cm³/mol. The first-order valence-corrected chi connectivity index (χ1v) is 11.4. The van der Waals surface area contributed by atoms with Crippen molar-refractivity contribution in [2.45, 2.75) is 17.4 Å². The molecule has 0 radical (unpaired) electrons. The fourth-order valence-electron chi connectivity index (χ4n) is 3.15. The minimum Gasteiger partial charge on any atom is -0.492 e. The van der Waals surface area contributed by atoms with E-state index in [-0.39, 0.29) is 23.1 Å². The number of carbonyl (C=O) groups is 2. The van der Waals surface area contributed by atoms with E-state index in [4.69, 9.17) is 27.9 Å². The van der Waals surface area contributed by atoms with Gasteiger partial charge in [0, 0.05) is 29.7 Å². The summed E-state index contributed by atoms with van der Waals surface area (Å²) in [6, 6.07) is 10.0. The molecule has 8 nitrogen and oxygen atoms in total. The van der Waals surface area contributed by atoms with Gasteiger partial charge in [-0.3, -0.25) is 9.69 Å². The van der Waals surface area contributed by atoms with Crippen LogP contribution in [0.25, 0.3) is 0 Å². The summed E-state index contributed by atoms with van der Waals surface area (Å²) in [6.45, 7) is 1.61. The van der Waals surface area contributed by atoms with Crippen LogP contribution >= 0.6 is 23.2 Å². The molecule has 2 aromatic rings. The van der Waals surface area contributed by atoms with Crippen LogP contribution in [0.2, 0.25) is 10.0 Å². The Hall–Kier alpha value is -2.33. The Morgan fingerprint density at radius 1 is 1.10 bits per heavy atom. The summed E-state index contributed by atoms with van der Waals surface area (Å²) in [5.74, 6) is -0.0500. The number of hydrogen-bond donors (Lipinski definition) is 1.